The summed E-state index contributed by atoms with van der Waals surface area (Å²) in [7, 11) is -3.77. The van der Waals surface area contributed by atoms with E-state index in [1.165, 1.54) is 12.1 Å². The maximum atomic E-state index is 14.4. The van der Waals surface area contributed by atoms with Gasteiger partial charge in [0.1, 0.15) is 11.5 Å². The third kappa shape index (κ3) is 4.37. The predicted molar refractivity (Wildman–Crippen MR) is 100 cm³/mol. The minimum atomic E-state index is -3.77. The predicted octanol–water partition coefficient (Wildman–Crippen LogP) is 5.23. The number of rotatable bonds is 5. The fourth-order valence-corrected chi connectivity index (χ4v) is 4.82. The second-order valence-corrected chi connectivity index (χ2v) is 8.76. The molecule has 0 atom stereocenters. The minimum absolute atomic E-state index is 0.0804. The summed E-state index contributed by atoms with van der Waals surface area (Å²) in [4.78, 5) is 0. The topological polar surface area (TPSA) is 58.2 Å². The third-order valence-electron chi connectivity index (χ3n) is 4.72. The van der Waals surface area contributed by atoms with E-state index in [0.29, 0.717) is 18.4 Å². The Kier molecular flexibility index (Phi) is 5.64. The molecule has 2 aromatic carbocycles. The molecule has 2 aromatic rings. The van der Waals surface area contributed by atoms with Crippen molar-refractivity contribution in [2.45, 2.75) is 44.3 Å². The van der Waals surface area contributed by atoms with Crippen LogP contribution >= 0.6 is 0 Å². The number of nitrogens with one attached hydrogen (secondary N) is 2. The molecule has 0 radical (unpaired) electrons. The van der Waals surface area contributed by atoms with Crippen LogP contribution in [0, 0.1) is 24.4 Å². The zero-order chi connectivity index (χ0) is 19.6. The van der Waals surface area contributed by atoms with Gasteiger partial charge in [0.05, 0.1) is 16.6 Å². The first kappa shape index (κ1) is 19.5. The van der Waals surface area contributed by atoms with E-state index in [0.717, 1.165) is 31.4 Å². The number of halogens is 3. The van der Waals surface area contributed by atoms with E-state index in [2.05, 4.69) is 10.0 Å². The van der Waals surface area contributed by atoms with Gasteiger partial charge in [-0.1, -0.05) is 25.3 Å². The van der Waals surface area contributed by atoms with Gasteiger partial charge in [-0.25, -0.2) is 21.6 Å². The number of hydrogen-bond acceptors (Lipinski definition) is 3. The quantitative estimate of drug-likeness (QED) is 0.725. The van der Waals surface area contributed by atoms with Crippen LogP contribution in [0.25, 0.3) is 0 Å². The number of anilines is 3. The lowest BCUT2D eigenvalue weighted by atomic mass is 10.0. The van der Waals surface area contributed by atoms with Crippen molar-refractivity contribution in [3.63, 3.8) is 0 Å². The average Bonchev–Trinajstić information content (AvgIpc) is 2.63. The van der Waals surface area contributed by atoms with Crippen molar-refractivity contribution in [3.05, 3.63) is 53.3 Å². The SMILES string of the molecule is Cc1ccc(Nc2c(NS(=O)(=O)C3CCCCC3)ccc(F)c2F)c(F)c1. The molecule has 8 heteroatoms. The lowest BCUT2D eigenvalue weighted by Gasteiger charge is -2.23. The molecule has 0 unspecified atom stereocenters. The van der Waals surface area contributed by atoms with Gasteiger partial charge in [0.2, 0.25) is 10.0 Å². The van der Waals surface area contributed by atoms with Crippen molar-refractivity contribution in [1.29, 1.82) is 0 Å². The van der Waals surface area contributed by atoms with Crippen molar-refractivity contribution < 1.29 is 21.6 Å². The normalized spacial score (nSPS) is 15.6. The van der Waals surface area contributed by atoms with Crippen molar-refractivity contribution >= 4 is 27.1 Å². The van der Waals surface area contributed by atoms with Crippen LogP contribution in [0.3, 0.4) is 0 Å². The fourth-order valence-electron chi connectivity index (χ4n) is 3.23. The van der Waals surface area contributed by atoms with E-state index in [-0.39, 0.29) is 11.4 Å². The van der Waals surface area contributed by atoms with Gasteiger partial charge in [-0.15, -0.1) is 0 Å². The molecule has 1 aliphatic rings. The Labute approximate surface area is 156 Å². The van der Waals surface area contributed by atoms with E-state index in [4.69, 9.17) is 0 Å². The fraction of sp³-hybridized carbons (Fsp3) is 0.368. The number of aryl methyl sites for hydroxylation is 1. The molecule has 27 heavy (non-hydrogen) atoms. The molecule has 4 nitrogen and oxygen atoms in total. The highest BCUT2D eigenvalue weighted by Gasteiger charge is 2.28. The van der Waals surface area contributed by atoms with Gasteiger partial charge in [-0.2, -0.15) is 0 Å². The molecule has 0 aliphatic heterocycles. The van der Waals surface area contributed by atoms with Gasteiger partial charge >= 0.3 is 0 Å². The zero-order valence-corrected chi connectivity index (χ0v) is 15.7. The van der Waals surface area contributed by atoms with Gasteiger partial charge < -0.3 is 5.32 Å². The Bertz CT molecular complexity index is 942. The minimum Gasteiger partial charge on any atom is -0.349 e. The molecule has 2 N–H and O–H groups in total. The third-order valence-corrected chi connectivity index (χ3v) is 6.58. The van der Waals surface area contributed by atoms with Gasteiger partial charge in [-0.05, 0) is 49.6 Å². The Morgan fingerprint density at radius 3 is 2.26 bits per heavy atom. The van der Waals surface area contributed by atoms with E-state index in [1.54, 1.807) is 13.0 Å². The maximum absolute atomic E-state index is 14.4. The van der Waals surface area contributed by atoms with Crippen LogP contribution in [0.1, 0.15) is 37.7 Å². The highest BCUT2D eigenvalue weighted by Crippen LogP contribution is 2.34. The summed E-state index contributed by atoms with van der Waals surface area (Å²) in [5.74, 6) is -3.09. The number of sulfonamides is 1. The lowest BCUT2D eigenvalue weighted by molar-refractivity contribution is 0.486. The molecule has 3 rings (SSSR count). The largest absolute Gasteiger partial charge is 0.349 e. The van der Waals surface area contributed by atoms with Crippen molar-refractivity contribution in [2.24, 2.45) is 0 Å². The zero-order valence-electron chi connectivity index (χ0n) is 14.9. The van der Waals surface area contributed by atoms with Crippen LogP contribution in [0.4, 0.5) is 30.2 Å². The summed E-state index contributed by atoms with van der Waals surface area (Å²) in [5, 5.41) is 1.91. The van der Waals surface area contributed by atoms with Crippen LogP contribution in [0.15, 0.2) is 30.3 Å². The summed E-state index contributed by atoms with van der Waals surface area (Å²) >= 11 is 0. The van der Waals surface area contributed by atoms with Crippen molar-refractivity contribution in [3.8, 4) is 0 Å². The van der Waals surface area contributed by atoms with Crippen LogP contribution in [0.2, 0.25) is 0 Å². The molecule has 0 aromatic heterocycles. The Morgan fingerprint density at radius 2 is 1.59 bits per heavy atom. The van der Waals surface area contributed by atoms with E-state index in [1.807, 2.05) is 0 Å². The van der Waals surface area contributed by atoms with E-state index < -0.39 is 38.4 Å². The van der Waals surface area contributed by atoms with Crippen LogP contribution in [0.5, 0.6) is 0 Å². The van der Waals surface area contributed by atoms with Gasteiger partial charge in [-0.3, -0.25) is 4.72 Å². The molecular weight excluding hydrogens is 377 g/mol. The second-order valence-electron chi connectivity index (χ2n) is 6.80. The lowest BCUT2D eigenvalue weighted by Crippen LogP contribution is -2.30. The van der Waals surface area contributed by atoms with E-state index in [9.17, 15) is 21.6 Å². The molecule has 0 bridgehead atoms. The Hall–Kier alpha value is -2.22. The maximum Gasteiger partial charge on any atom is 0.235 e. The second kappa shape index (κ2) is 7.80. The average molecular weight is 398 g/mol. The molecule has 0 spiro atoms. The molecule has 1 fully saturated rings. The van der Waals surface area contributed by atoms with Gasteiger partial charge in [0.15, 0.2) is 11.6 Å². The molecule has 1 aliphatic carbocycles. The highest BCUT2D eigenvalue weighted by molar-refractivity contribution is 7.93. The summed E-state index contributed by atoms with van der Waals surface area (Å²) < 4.78 is 69.9. The summed E-state index contributed by atoms with van der Waals surface area (Å²) in [6.07, 6.45) is 3.64. The molecule has 146 valence electrons. The number of hydrogen-bond donors (Lipinski definition) is 2. The van der Waals surface area contributed by atoms with Gasteiger partial charge in [0, 0.05) is 0 Å². The molecular formula is C19H21F3N2O2S. The smallest absolute Gasteiger partial charge is 0.235 e. The van der Waals surface area contributed by atoms with Crippen molar-refractivity contribution in [2.75, 3.05) is 10.0 Å². The van der Waals surface area contributed by atoms with Gasteiger partial charge in [0.25, 0.3) is 0 Å². The monoisotopic (exact) mass is 398 g/mol. The molecule has 0 amide bonds. The summed E-state index contributed by atoms with van der Waals surface area (Å²) in [5.41, 5.74) is -0.0178. The first-order chi connectivity index (χ1) is 12.8. The molecule has 0 heterocycles. The highest BCUT2D eigenvalue weighted by atomic mass is 32.2. The Morgan fingerprint density at radius 1 is 0.926 bits per heavy atom. The summed E-state index contributed by atoms with van der Waals surface area (Å²) in [6.45, 7) is 1.69. The van der Waals surface area contributed by atoms with Crippen molar-refractivity contribution in [1.82, 2.24) is 0 Å². The number of benzene rings is 2. The van der Waals surface area contributed by atoms with Crippen LogP contribution < -0.4 is 10.0 Å². The first-order valence-corrected chi connectivity index (χ1v) is 10.4. The van der Waals surface area contributed by atoms with E-state index >= 15 is 0 Å². The van der Waals surface area contributed by atoms with Crippen LogP contribution in [-0.4, -0.2) is 13.7 Å². The van der Waals surface area contributed by atoms with Crippen LogP contribution in [-0.2, 0) is 10.0 Å². The standard InChI is InChI=1S/C19H21F3N2O2S/c1-12-7-9-16(15(21)11-12)23-19-17(10-8-14(20)18(19)22)24-27(25,26)13-5-3-2-4-6-13/h7-11,13,23-24H,2-6H2,1H3. The molecule has 1 saturated carbocycles. The Balaban J connectivity index is 1.95. The molecule has 0 saturated heterocycles. The summed E-state index contributed by atoms with van der Waals surface area (Å²) in [6, 6.07) is 6.20. The first-order valence-electron chi connectivity index (χ1n) is 8.81.